The highest BCUT2D eigenvalue weighted by Gasteiger charge is 2.39. The smallest absolute Gasteiger partial charge is 0.134 e. The molecule has 2 aliphatic carbocycles. The molecule has 0 heterocycles. The maximum atomic E-state index is 14.1. The van der Waals surface area contributed by atoms with Crippen molar-refractivity contribution >= 4 is 0 Å². The van der Waals surface area contributed by atoms with Crippen molar-refractivity contribution in [3.05, 3.63) is 0 Å². The molecule has 0 radical (unpaired) electrons. The van der Waals surface area contributed by atoms with Crippen molar-refractivity contribution in [2.45, 2.75) is 103 Å². The van der Waals surface area contributed by atoms with Crippen LogP contribution in [0.15, 0.2) is 0 Å². The van der Waals surface area contributed by atoms with Crippen molar-refractivity contribution in [2.24, 2.45) is 23.7 Å². The van der Waals surface area contributed by atoms with Gasteiger partial charge in [0.2, 0.25) is 0 Å². The van der Waals surface area contributed by atoms with Gasteiger partial charge in [-0.1, -0.05) is 65.2 Å². The molecule has 2 heteroatoms. The van der Waals surface area contributed by atoms with Crippen molar-refractivity contribution in [1.82, 2.24) is 0 Å². The van der Waals surface area contributed by atoms with E-state index in [1.54, 1.807) is 0 Å². The quantitative estimate of drug-likeness (QED) is 0.480. The average Bonchev–Trinajstić information content (AvgIpc) is 2.51. The van der Waals surface area contributed by atoms with Gasteiger partial charge < -0.3 is 0 Å². The van der Waals surface area contributed by atoms with E-state index in [1.807, 2.05) is 0 Å². The van der Waals surface area contributed by atoms with Gasteiger partial charge >= 0.3 is 0 Å². The van der Waals surface area contributed by atoms with Crippen LogP contribution in [0, 0.1) is 23.7 Å². The van der Waals surface area contributed by atoms with Crippen LogP contribution in [0.25, 0.3) is 0 Å². The molecule has 0 aromatic heterocycles. The van der Waals surface area contributed by atoms with Crippen LogP contribution >= 0.6 is 0 Å². The highest BCUT2D eigenvalue weighted by Crippen LogP contribution is 2.43. The highest BCUT2D eigenvalue weighted by molar-refractivity contribution is 4.88. The molecule has 22 heavy (non-hydrogen) atoms. The third-order valence-corrected chi connectivity index (χ3v) is 6.36. The number of rotatable bonds is 7. The van der Waals surface area contributed by atoms with Crippen molar-refractivity contribution < 1.29 is 8.78 Å². The molecule has 2 rings (SSSR count). The van der Waals surface area contributed by atoms with Gasteiger partial charge in [0.25, 0.3) is 0 Å². The summed E-state index contributed by atoms with van der Waals surface area (Å²) in [7, 11) is 0. The second kappa shape index (κ2) is 9.23. The van der Waals surface area contributed by atoms with Crippen LogP contribution in [0.4, 0.5) is 8.78 Å². The van der Waals surface area contributed by atoms with Gasteiger partial charge in [-0.15, -0.1) is 0 Å². The molecule has 0 aliphatic heterocycles. The molecule has 0 N–H and O–H groups in total. The largest absolute Gasteiger partial charge is 0.244 e. The fraction of sp³-hybridized carbons (Fsp3) is 1.00. The fourth-order valence-electron chi connectivity index (χ4n) is 4.93. The van der Waals surface area contributed by atoms with Crippen LogP contribution in [0.1, 0.15) is 90.9 Å². The summed E-state index contributed by atoms with van der Waals surface area (Å²) in [5, 5.41) is 0. The van der Waals surface area contributed by atoms with Gasteiger partial charge in [0.1, 0.15) is 12.3 Å². The lowest BCUT2D eigenvalue weighted by atomic mass is 9.69. The molecule has 0 spiro atoms. The normalized spacial score (nSPS) is 37.9. The third-order valence-electron chi connectivity index (χ3n) is 6.36. The second-order valence-corrected chi connectivity index (χ2v) is 8.16. The molecule has 0 bridgehead atoms. The molecular weight excluding hydrogens is 278 g/mol. The Labute approximate surface area is 136 Å². The Balaban J connectivity index is 1.65. The molecule has 0 nitrogen and oxygen atoms in total. The summed E-state index contributed by atoms with van der Waals surface area (Å²) >= 11 is 0. The Bertz CT molecular complexity index is 296. The summed E-state index contributed by atoms with van der Waals surface area (Å²) in [5.41, 5.74) is 0. The topological polar surface area (TPSA) is 0 Å². The van der Waals surface area contributed by atoms with Crippen molar-refractivity contribution in [2.75, 3.05) is 0 Å². The SMILES string of the molecule is CCCC(C)CCCC1CCC([C@@H]2CCCC(F)C2F)CC1. The highest BCUT2D eigenvalue weighted by atomic mass is 19.2. The Morgan fingerprint density at radius 1 is 0.955 bits per heavy atom. The Morgan fingerprint density at radius 3 is 2.36 bits per heavy atom. The van der Waals surface area contributed by atoms with Crippen LogP contribution < -0.4 is 0 Å². The molecule has 0 amide bonds. The summed E-state index contributed by atoms with van der Waals surface area (Å²) in [5.74, 6) is 2.21. The van der Waals surface area contributed by atoms with Gasteiger partial charge in [-0.05, 0) is 49.4 Å². The van der Waals surface area contributed by atoms with E-state index in [-0.39, 0.29) is 5.92 Å². The van der Waals surface area contributed by atoms with Crippen LogP contribution in [0.5, 0.6) is 0 Å². The number of halogens is 2. The molecule has 2 saturated carbocycles. The first-order chi connectivity index (χ1) is 10.6. The predicted molar refractivity (Wildman–Crippen MR) is 90.5 cm³/mol. The zero-order valence-electron chi connectivity index (χ0n) is 14.7. The predicted octanol–water partition coefficient (Wildman–Crippen LogP) is 6.88. The van der Waals surface area contributed by atoms with Crippen molar-refractivity contribution in [1.29, 1.82) is 0 Å². The van der Waals surface area contributed by atoms with E-state index in [0.717, 1.165) is 37.5 Å². The van der Waals surface area contributed by atoms with Gasteiger partial charge in [-0.25, -0.2) is 8.78 Å². The maximum absolute atomic E-state index is 14.1. The lowest BCUT2D eigenvalue weighted by Crippen LogP contribution is -2.37. The Morgan fingerprint density at radius 2 is 1.68 bits per heavy atom. The van der Waals surface area contributed by atoms with E-state index < -0.39 is 12.3 Å². The first-order valence-corrected chi connectivity index (χ1v) is 9.90. The molecule has 3 unspecified atom stereocenters. The van der Waals surface area contributed by atoms with Crippen molar-refractivity contribution in [3.8, 4) is 0 Å². The minimum absolute atomic E-state index is 0.0225. The van der Waals surface area contributed by atoms with Gasteiger partial charge in [-0.2, -0.15) is 0 Å². The monoisotopic (exact) mass is 314 g/mol. The summed E-state index contributed by atoms with van der Waals surface area (Å²) in [6.45, 7) is 4.64. The summed E-state index contributed by atoms with van der Waals surface area (Å²) in [4.78, 5) is 0. The van der Waals surface area contributed by atoms with Crippen LogP contribution in [0.2, 0.25) is 0 Å². The van der Waals surface area contributed by atoms with E-state index in [2.05, 4.69) is 13.8 Å². The van der Waals surface area contributed by atoms with Crippen molar-refractivity contribution in [3.63, 3.8) is 0 Å². The van der Waals surface area contributed by atoms with E-state index in [9.17, 15) is 8.78 Å². The summed E-state index contributed by atoms with van der Waals surface area (Å²) in [6.07, 6.45) is 11.4. The first kappa shape index (κ1) is 18.2. The molecule has 2 aliphatic rings. The molecule has 2 fully saturated rings. The number of hydrogen-bond donors (Lipinski definition) is 0. The van der Waals surface area contributed by atoms with E-state index in [4.69, 9.17) is 0 Å². The third kappa shape index (κ3) is 5.20. The zero-order chi connectivity index (χ0) is 15.9. The summed E-state index contributed by atoms with van der Waals surface area (Å²) in [6, 6.07) is 0. The minimum atomic E-state index is -1.18. The maximum Gasteiger partial charge on any atom is 0.134 e. The van der Waals surface area contributed by atoms with E-state index in [1.165, 1.54) is 44.9 Å². The lowest BCUT2D eigenvalue weighted by Gasteiger charge is -2.38. The standard InChI is InChI=1S/C20H36F2/c1-3-6-15(2)7-4-8-16-11-13-17(14-12-16)18-9-5-10-19(21)20(18)22/h15-20H,3-14H2,1-2H3/t15?,16?,17?,18-,19?,20?/m0/s1. The van der Waals surface area contributed by atoms with Crippen LogP contribution in [-0.2, 0) is 0 Å². The number of hydrogen-bond acceptors (Lipinski definition) is 0. The Hall–Kier alpha value is -0.140. The molecular formula is C20H36F2. The van der Waals surface area contributed by atoms with Gasteiger partial charge in [0.05, 0.1) is 0 Å². The number of alkyl halides is 2. The second-order valence-electron chi connectivity index (χ2n) is 8.16. The average molecular weight is 315 g/mol. The molecule has 4 atom stereocenters. The van der Waals surface area contributed by atoms with E-state index >= 15 is 0 Å². The minimum Gasteiger partial charge on any atom is -0.244 e. The molecule has 130 valence electrons. The Kier molecular flexibility index (Phi) is 7.63. The van der Waals surface area contributed by atoms with Crippen LogP contribution in [-0.4, -0.2) is 12.3 Å². The zero-order valence-corrected chi connectivity index (χ0v) is 14.7. The van der Waals surface area contributed by atoms with Gasteiger partial charge in [-0.3, -0.25) is 0 Å². The summed E-state index contributed by atoms with van der Waals surface area (Å²) < 4.78 is 27.7. The van der Waals surface area contributed by atoms with E-state index in [0.29, 0.717) is 12.3 Å². The van der Waals surface area contributed by atoms with Crippen LogP contribution in [0.3, 0.4) is 0 Å². The van der Waals surface area contributed by atoms with Gasteiger partial charge in [0, 0.05) is 0 Å². The molecule has 0 aromatic carbocycles. The molecule has 0 aromatic rings. The fourth-order valence-corrected chi connectivity index (χ4v) is 4.93. The van der Waals surface area contributed by atoms with Gasteiger partial charge in [0.15, 0.2) is 0 Å². The lowest BCUT2D eigenvalue weighted by molar-refractivity contribution is 0.0209. The first-order valence-electron chi connectivity index (χ1n) is 9.90. The molecule has 0 saturated heterocycles.